The van der Waals surface area contributed by atoms with Gasteiger partial charge in [0.15, 0.2) is 5.65 Å². The number of aromatic nitrogens is 7. The van der Waals surface area contributed by atoms with E-state index in [-0.39, 0.29) is 6.04 Å². The maximum atomic E-state index is 5.37. The Hall–Kier alpha value is -3.91. The molecule has 1 N–H and O–H groups in total. The van der Waals surface area contributed by atoms with E-state index in [1.807, 2.05) is 18.2 Å². The Morgan fingerprint density at radius 1 is 1.09 bits per heavy atom. The Bertz CT molecular complexity index is 1520. The van der Waals surface area contributed by atoms with Gasteiger partial charge in [0.2, 0.25) is 5.82 Å². The fourth-order valence-corrected chi connectivity index (χ4v) is 5.36. The molecule has 0 saturated heterocycles. The molecule has 3 aromatic heterocycles. The summed E-state index contributed by atoms with van der Waals surface area (Å²) in [4.78, 5) is 9.96. The van der Waals surface area contributed by atoms with Crippen LogP contribution in [0.3, 0.4) is 0 Å². The van der Waals surface area contributed by atoms with E-state index < -0.39 is 0 Å². The maximum Gasteiger partial charge on any atom is 0.205 e. The zero-order chi connectivity index (χ0) is 23.9. The van der Waals surface area contributed by atoms with Crippen molar-refractivity contribution < 1.29 is 4.74 Å². The van der Waals surface area contributed by atoms with Crippen molar-refractivity contribution in [1.29, 1.82) is 0 Å². The molecule has 2 aromatic carbocycles. The quantitative estimate of drug-likeness (QED) is 0.386. The predicted octanol–water partition coefficient (Wildman–Crippen LogP) is 4.83. The Balaban J connectivity index is 1.44. The number of methoxy groups -OCH3 is 1. The number of pyridine rings is 1. The third-order valence-corrected chi connectivity index (χ3v) is 6.90. The summed E-state index contributed by atoms with van der Waals surface area (Å²) in [6.07, 6.45) is 2.90. The van der Waals surface area contributed by atoms with Crippen molar-refractivity contribution >= 4 is 11.2 Å². The van der Waals surface area contributed by atoms with Crippen LogP contribution >= 0.6 is 0 Å². The Morgan fingerprint density at radius 3 is 2.71 bits per heavy atom. The zero-order valence-electron chi connectivity index (χ0n) is 20.1. The van der Waals surface area contributed by atoms with Gasteiger partial charge in [-0.05, 0) is 58.9 Å². The number of aromatic amines is 1. The van der Waals surface area contributed by atoms with Crippen LogP contribution in [0.2, 0.25) is 0 Å². The number of hydrogen-bond donors (Lipinski definition) is 1. The topological polar surface area (TPSA) is 94.4 Å². The van der Waals surface area contributed by atoms with Crippen molar-refractivity contribution in [2.45, 2.75) is 45.8 Å². The van der Waals surface area contributed by atoms with Gasteiger partial charge >= 0.3 is 0 Å². The largest absolute Gasteiger partial charge is 0.378 e. The van der Waals surface area contributed by atoms with Gasteiger partial charge in [0, 0.05) is 19.1 Å². The van der Waals surface area contributed by atoms with Crippen LogP contribution in [-0.4, -0.2) is 42.3 Å². The SMILES string of the molecule is CCc1nc2c(C)cc(COC)nc2n1[C@H]1CCc2cc(-c3ccccc3-c3nn[nH]n3)ccc21. The fourth-order valence-electron chi connectivity index (χ4n) is 5.36. The van der Waals surface area contributed by atoms with Crippen LogP contribution in [0.15, 0.2) is 48.5 Å². The lowest BCUT2D eigenvalue weighted by atomic mass is 9.96. The Labute approximate surface area is 203 Å². The third-order valence-electron chi connectivity index (χ3n) is 6.90. The zero-order valence-corrected chi connectivity index (χ0v) is 20.1. The van der Waals surface area contributed by atoms with Crippen LogP contribution in [0.4, 0.5) is 0 Å². The highest BCUT2D eigenvalue weighted by atomic mass is 16.5. The van der Waals surface area contributed by atoms with E-state index in [2.05, 4.69) is 69.4 Å². The first-order valence-electron chi connectivity index (χ1n) is 12.0. The molecule has 5 aromatic rings. The van der Waals surface area contributed by atoms with E-state index in [1.54, 1.807) is 7.11 Å². The summed E-state index contributed by atoms with van der Waals surface area (Å²) in [5, 5.41) is 14.7. The van der Waals surface area contributed by atoms with Crippen LogP contribution in [0.5, 0.6) is 0 Å². The Morgan fingerprint density at radius 2 is 1.94 bits per heavy atom. The molecule has 6 rings (SSSR count). The van der Waals surface area contributed by atoms with E-state index in [0.29, 0.717) is 12.4 Å². The number of hydrogen-bond acceptors (Lipinski definition) is 6. The molecule has 1 aliphatic rings. The van der Waals surface area contributed by atoms with Crippen molar-refractivity contribution in [1.82, 2.24) is 35.2 Å². The molecule has 0 saturated carbocycles. The predicted molar refractivity (Wildman–Crippen MR) is 134 cm³/mol. The fraction of sp³-hybridized carbons (Fsp3) is 0.296. The van der Waals surface area contributed by atoms with Crippen LogP contribution in [-0.2, 0) is 24.2 Å². The molecule has 0 radical (unpaired) electrons. The second kappa shape index (κ2) is 8.70. The number of aryl methyl sites for hydroxylation is 3. The smallest absolute Gasteiger partial charge is 0.205 e. The van der Waals surface area contributed by atoms with E-state index in [4.69, 9.17) is 14.7 Å². The third kappa shape index (κ3) is 3.61. The minimum Gasteiger partial charge on any atom is -0.378 e. The summed E-state index contributed by atoms with van der Waals surface area (Å²) in [7, 11) is 1.71. The van der Waals surface area contributed by atoms with Gasteiger partial charge < -0.3 is 9.30 Å². The summed E-state index contributed by atoms with van der Waals surface area (Å²) in [6, 6.07) is 17.3. The molecular weight excluding hydrogens is 438 g/mol. The molecule has 0 bridgehead atoms. The normalized spacial score (nSPS) is 15.1. The molecule has 176 valence electrons. The van der Waals surface area contributed by atoms with Gasteiger partial charge in [-0.3, -0.25) is 0 Å². The monoisotopic (exact) mass is 465 g/mol. The molecule has 1 atom stereocenters. The molecule has 8 heteroatoms. The number of nitrogens with zero attached hydrogens (tertiary/aromatic N) is 6. The van der Waals surface area contributed by atoms with Crippen molar-refractivity contribution in [3.8, 4) is 22.5 Å². The minimum atomic E-state index is 0.219. The summed E-state index contributed by atoms with van der Waals surface area (Å²) in [5.41, 5.74) is 9.96. The number of H-pyrrole nitrogens is 1. The summed E-state index contributed by atoms with van der Waals surface area (Å²) < 4.78 is 7.73. The second-order valence-electron chi connectivity index (χ2n) is 9.04. The van der Waals surface area contributed by atoms with E-state index in [1.165, 1.54) is 11.1 Å². The van der Waals surface area contributed by atoms with E-state index >= 15 is 0 Å². The lowest BCUT2D eigenvalue weighted by Crippen LogP contribution is -2.12. The van der Waals surface area contributed by atoms with Crippen molar-refractivity contribution in [3.05, 3.63) is 76.7 Å². The van der Waals surface area contributed by atoms with Crippen molar-refractivity contribution in [3.63, 3.8) is 0 Å². The number of fused-ring (bicyclic) bond motifs is 2. The van der Waals surface area contributed by atoms with E-state index in [0.717, 1.165) is 64.2 Å². The molecule has 0 fully saturated rings. The van der Waals surface area contributed by atoms with Gasteiger partial charge in [0.05, 0.1) is 18.3 Å². The van der Waals surface area contributed by atoms with Gasteiger partial charge in [-0.25, -0.2) is 9.97 Å². The second-order valence-corrected chi connectivity index (χ2v) is 9.04. The average Bonchev–Trinajstić information content (AvgIpc) is 3.62. The van der Waals surface area contributed by atoms with Crippen LogP contribution in [0.25, 0.3) is 33.7 Å². The van der Waals surface area contributed by atoms with Crippen LogP contribution < -0.4 is 0 Å². The van der Waals surface area contributed by atoms with Gasteiger partial charge in [-0.1, -0.05) is 49.4 Å². The lowest BCUT2D eigenvalue weighted by molar-refractivity contribution is 0.181. The van der Waals surface area contributed by atoms with Crippen molar-refractivity contribution in [2.75, 3.05) is 7.11 Å². The van der Waals surface area contributed by atoms with E-state index in [9.17, 15) is 0 Å². The molecule has 0 unspecified atom stereocenters. The molecule has 35 heavy (non-hydrogen) atoms. The molecule has 0 aliphatic heterocycles. The minimum absolute atomic E-state index is 0.219. The maximum absolute atomic E-state index is 5.37. The average molecular weight is 466 g/mol. The number of tetrazole rings is 1. The standard InChI is InChI=1S/C27H27N7O/c1-4-24-29-25-16(2)13-19(15-35-3)28-27(25)34(24)23-12-10-18-14-17(9-11-21(18)23)20-7-5-6-8-22(20)26-30-32-33-31-26/h5-9,11,13-14,23H,4,10,12,15H2,1-3H3,(H,30,31,32,33)/t23-/m0/s1. The first kappa shape index (κ1) is 21.6. The molecule has 1 aliphatic carbocycles. The summed E-state index contributed by atoms with van der Waals surface area (Å²) in [6.45, 7) is 4.76. The molecule has 0 amide bonds. The number of ether oxygens (including phenoxy) is 1. The Kier molecular flexibility index (Phi) is 5.37. The first-order valence-corrected chi connectivity index (χ1v) is 12.0. The number of nitrogens with one attached hydrogen (secondary N) is 1. The molecule has 0 spiro atoms. The van der Waals surface area contributed by atoms with Gasteiger partial charge in [0.1, 0.15) is 11.3 Å². The van der Waals surface area contributed by atoms with Gasteiger partial charge in [0.25, 0.3) is 0 Å². The van der Waals surface area contributed by atoms with Crippen LogP contribution in [0, 0.1) is 6.92 Å². The number of imidazole rings is 1. The first-order chi connectivity index (χ1) is 17.2. The van der Waals surface area contributed by atoms with Crippen molar-refractivity contribution in [2.24, 2.45) is 0 Å². The number of rotatable bonds is 6. The van der Waals surface area contributed by atoms with Gasteiger partial charge in [-0.15, -0.1) is 10.2 Å². The lowest BCUT2D eigenvalue weighted by Gasteiger charge is -2.18. The molecule has 3 heterocycles. The highest BCUT2D eigenvalue weighted by Gasteiger charge is 2.29. The summed E-state index contributed by atoms with van der Waals surface area (Å²) in [5.74, 6) is 1.68. The number of benzene rings is 2. The van der Waals surface area contributed by atoms with Gasteiger partial charge in [-0.2, -0.15) is 5.21 Å². The highest BCUT2D eigenvalue weighted by Crippen LogP contribution is 2.40. The molecule has 8 nitrogen and oxygen atoms in total. The van der Waals surface area contributed by atoms with Crippen LogP contribution in [0.1, 0.15) is 47.6 Å². The molecular formula is C27H27N7O. The summed E-state index contributed by atoms with van der Waals surface area (Å²) >= 11 is 0. The highest BCUT2D eigenvalue weighted by molar-refractivity contribution is 5.81.